The van der Waals surface area contributed by atoms with Crippen LogP contribution in [0.1, 0.15) is 17.5 Å². The molecule has 2 nitrogen and oxygen atoms in total. The molecule has 85 valence electrons. The Balaban J connectivity index is 2.17. The maximum atomic E-state index is 12.3. The van der Waals surface area contributed by atoms with Crippen molar-refractivity contribution in [3.8, 4) is 0 Å². The Morgan fingerprint density at radius 1 is 1.12 bits per heavy atom. The molecule has 1 aromatic rings. The van der Waals surface area contributed by atoms with Crippen LogP contribution in [0.4, 0.5) is 13.2 Å². The number of nitrogens with one attached hydrogen (secondary N) is 1. The largest absolute Gasteiger partial charge is 0.416 e. The molecule has 0 aliphatic carbocycles. The lowest BCUT2D eigenvalue weighted by Gasteiger charge is -2.10. The number of hydrogen-bond donors (Lipinski definition) is 1. The van der Waals surface area contributed by atoms with Crippen LogP contribution < -0.4 is 5.32 Å². The Morgan fingerprint density at radius 3 is 2.19 bits per heavy atom. The summed E-state index contributed by atoms with van der Waals surface area (Å²) in [6.45, 7) is 0.421. The van der Waals surface area contributed by atoms with Gasteiger partial charge in [-0.3, -0.25) is 4.79 Å². The van der Waals surface area contributed by atoms with Crippen molar-refractivity contribution in [2.24, 2.45) is 0 Å². The van der Waals surface area contributed by atoms with Crippen LogP contribution in [0.5, 0.6) is 0 Å². The standard InChI is InChI=1S/C11H9F3NO/c12-11(13,14)9-3-1-7(2-4-9)8-5-10(16)15-6-8/h1-4H,5-6H2,(H,15,16). The van der Waals surface area contributed by atoms with Gasteiger partial charge in [0.2, 0.25) is 5.91 Å². The SMILES string of the molecule is O=C1C[C](c2ccc(C(F)(F)F)cc2)CN1. The van der Waals surface area contributed by atoms with Crippen LogP contribution in [-0.4, -0.2) is 12.5 Å². The van der Waals surface area contributed by atoms with Gasteiger partial charge in [-0.15, -0.1) is 0 Å². The Bertz CT molecular complexity index is 397. The minimum atomic E-state index is -4.31. The van der Waals surface area contributed by atoms with Gasteiger partial charge in [0.15, 0.2) is 0 Å². The third-order valence-corrected chi connectivity index (χ3v) is 2.49. The lowest BCUT2D eigenvalue weighted by molar-refractivity contribution is -0.137. The second kappa shape index (κ2) is 3.81. The fourth-order valence-electron chi connectivity index (χ4n) is 1.62. The summed E-state index contributed by atoms with van der Waals surface area (Å²) in [5.74, 6) is 0.744. The van der Waals surface area contributed by atoms with E-state index in [1.54, 1.807) is 0 Å². The number of alkyl halides is 3. The molecule has 1 saturated heterocycles. The molecule has 1 radical (unpaired) electrons. The molecule has 0 saturated carbocycles. The van der Waals surface area contributed by atoms with Gasteiger partial charge in [0.1, 0.15) is 0 Å². The zero-order valence-electron chi connectivity index (χ0n) is 8.27. The molecule has 0 spiro atoms. The van der Waals surface area contributed by atoms with Crippen molar-refractivity contribution in [2.45, 2.75) is 12.6 Å². The lowest BCUT2D eigenvalue weighted by Crippen LogP contribution is -2.13. The monoisotopic (exact) mass is 228 g/mol. The molecule has 2 rings (SSSR count). The van der Waals surface area contributed by atoms with Crippen molar-refractivity contribution in [1.82, 2.24) is 5.32 Å². The first-order valence-corrected chi connectivity index (χ1v) is 4.76. The third-order valence-electron chi connectivity index (χ3n) is 2.49. The van der Waals surface area contributed by atoms with E-state index in [2.05, 4.69) is 5.32 Å². The highest BCUT2D eigenvalue weighted by Gasteiger charge is 2.31. The quantitative estimate of drug-likeness (QED) is 0.784. The van der Waals surface area contributed by atoms with Crippen LogP contribution in [0.3, 0.4) is 0 Å². The fourth-order valence-corrected chi connectivity index (χ4v) is 1.62. The van der Waals surface area contributed by atoms with E-state index in [0.29, 0.717) is 12.1 Å². The van der Waals surface area contributed by atoms with Crippen LogP contribution in [0.2, 0.25) is 0 Å². The molecule has 0 aromatic heterocycles. The first-order chi connectivity index (χ1) is 7.47. The molecule has 1 aliphatic heterocycles. The van der Waals surface area contributed by atoms with Crippen LogP contribution in [0.25, 0.3) is 0 Å². The third kappa shape index (κ3) is 2.18. The van der Waals surface area contributed by atoms with Crippen molar-refractivity contribution in [2.75, 3.05) is 6.54 Å². The van der Waals surface area contributed by atoms with Crippen LogP contribution in [-0.2, 0) is 11.0 Å². The highest BCUT2D eigenvalue weighted by molar-refractivity contribution is 5.82. The van der Waals surface area contributed by atoms with Crippen LogP contribution in [0.15, 0.2) is 24.3 Å². The molecule has 1 fully saturated rings. The van der Waals surface area contributed by atoms with Gasteiger partial charge in [0, 0.05) is 18.9 Å². The van der Waals surface area contributed by atoms with Gasteiger partial charge in [-0.2, -0.15) is 13.2 Å². The first kappa shape index (κ1) is 11.0. The molecule has 1 aliphatic rings. The van der Waals surface area contributed by atoms with Crippen molar-refractivity contribution in [3.05, 3.63) is 41.3 Å². The fraction of sp³-hybridized carbons (Fsp3) is 0.273. The zero-order chi connectivity index (χ0) is 11.8. The Hall–Kier alpha value is -1.52. The number of rotatable bonds is 1. The Morgan fingerprint density at radius 2 is 1.75 bits per heavy atom. The number of amides is 1. The van der Waals surface area contributed by atoms with Gasteiger partial charge in [-0.05, 0) is 17.7 Å². The Labute approximate surface area is 90.5 Å². The first-order valence-electron chi connectivity index (χ1n) is 4.76. The zero-order valence-corrected chi connectivity index (χ0v) is 8.27. The summed E-state index contributed by atoms with van der Waals surface area (Å²) in [6, 6.07) is 4.87. The maximum Gasteiger partial charge on any atom is 0.416 e. The van der Waals surface area contributed by atoms with Gasteiger partial charge in [-0.25, -0.2) is 0 Å². The van der Waals surface area contributed by atoms with Gasteiger partial charge in [-0.1, -0.05) is 12.1 Å². The molecule has 0 unspecified atom stereocenters. The molecular formula is C11H9F3NO. The van der Waals surface area contributed by atoms with E-state index in [-0.39, 0.29) is 12.3 Å². The van der Waals surface area contributed by atoms with Crippen molar-refractivity contribution >= 4 is 5.91 Å². The molecule has 1 heterocycles. The van der Waals surface area contributed by atoms with Crippen molar-refractivity contribution in [3.63, 3.8) is 0 Å². The second-order valence-corrected chi connectivity index (χ2v) is 3.63. The van der Waals surface area contributed by atoms with Gasteiger partial charge in [0.05, 0.1) is 5.56 Å². The average molecular weight is 228 g/mol. The van der Waals surface area contributed by atoms with E-state index in [4.69, 9.17) is 0 Å². The molecule has 1 N–H and O–H groups in total. The summed E-state index contributed by atoms with van der Waals surface area (Å²) in [4.78, 5) is 10.9. The summed E-state index contributed by atoms with van der Waals surface area (Å²) < 4.78 is 36.9. The van der Waals surface area contributed by atoms with E-state index < -0.39 is 11.7 Å². The molecule has 16 heavy (non-hydrogen) atoms. The van der Waals surface area contributed by atoms with Crippen LogP contribution >= 0.6 is 0 Å². The smallest absolute Gasteiger partial charge is 0.355 e. The summed E-state index contributed by atoms with van der Waals surface area (Å²) in [5, 5.41) is 2.61. The van der Waals surface area contributed by atoms with E-state index in [9.17, 15) is 18.0 Å². The summed E-state index contributed by atoms with van der Waals surface area (Å²) in [7, 11) is 0. The molecule has 0 atom stereocenters. The van der Waals surface area contributed by atoms with Gasteiger partial charge < -0.3 is 5.32 Å². The highest BCUT2D eigenvalue weighted by Crippen LogP contribution is 2.30. The Kier molecular flexibility index (Phi) is 2.61. The summed E-state index contributed by atoms with van der Waals surface area (Å²) in [5.41, 5.74) is 0.0143. The van der Waals surface area contributed by atoms with E-state index in [1.807, 2.05) is 0 Å². The number of carbonyl (C=O) groups excluding carboxylic acids is 1. The predicted octanol–water partition coefficient (Wildman–Crippen LogP) is 2.15. The molecule has 0 bridgehead atoms. The summed E-state index contributed by atoms with van der Waals surface area (Å²) >= 11 is 0. The normalized spacial score (nSPS) is 17.6. The molecule has 1 aromatic carbocycles. The topological polar surface area (TPSA) is 29.1 Å². The van der Waals surface area contributed by atoms with Gasteiger partial charge >= 0.3 is 6.18 Å². The number of halogens is 3. The van der Waals surface area contributed by atoms with E-state index in [1.165, 1.54) is 12.1 Å². The van der Waals surface area contributed by atoms with E-state index in [0.717, 1.165) is 18.1 Å². The van der Waals surface area contributed by atoms with Crippen LogP contribution in [0, 0.1) is 5.92 Å². The van der Waals surface area contributed by atoms with Gasteiger partial charge in [0.25, 0.3) is 0 Å². The molecule has 1 amide bonds. The molecular weight excluding hydrogens is 219 g/mol. The van der Waals surface area contributed by atoms with E-state index >= 15 is 0 Å². The molecule has 5 heteroatoms. The lowest BCUT2D eigenvalue weighted by atomic mass is 9.97. The summed E-state index contributed by atoms with van der Waals surface area (Å²) in [6.07, 6.45) is -4.04. The second-order valence-electron chi connectivity index (χ2n) is 3.63. The predicted molar refractivity (Wildman–Crippen MR) is 51.4 cm³/mol. The minimum Gasteiger partial charge on any atom is -0.355 e. The highest BCUT2D eigenvalue weighted by atomic mass is 19.4. The van der Waals surface area contributed by atoms with Crippen molar-refractivity contribution in [1.29, 1.82) is 0 Å². The number of hydrogen-bond acceptors (Lipinski definition) is 1. The maximum absolute atomic E-state index is 12.3. The number of benzene rings is 1. The minimum absolute atomic E-state index is 0.0881. The number of carbonyl (C=O) groups is 1. The average Bonchev–Trinajstić information content (AvgIpc) is 2.64. The van der Waals surface area contributed by atoms with Crippen molar-refractivity contribution < 1.29 is 18.0 Å².